The number of benzene rings is 1. The van der Waals surface area contributed by atoms with Crippen LogP contribution in [0, 0.1) is 5.41 Å². The van der Waals surface area contributed by atoms with Gasteiger partial charge in [-0.1, -0.05) is 18.2 Å². The van der Waals surface area contributed by atoms with Gasteiger partial charge in [-0.15, -0.1) is 12.4 Å². The number of nitrogens with zero attached hydrogens (tertiary/aromatic N) is 3. The molecule has 2 amide bonds. The minimum absolute atomic E-state index is 0. The summed E-state index contributed by atoms with van der Waals surface area (Å²) in [5.74, 6) is 0.0267. The fraction of sp³-hybridized carbons (Fsp3) is 0.519. The molecule has 0 saturated carbocycles. The summed E-state index contributed by atoms with van der Waals surface area (Å²) in [6.45, 7) is 6.69. The average molecular weight is 498 g/mol. The number of piperidine rings is 3. The van der Waals surface area contributed by atoms with Gasteiger partial charge in [0.1, 0.15) is 5.82 Å². The van der Waals surface area contributed by atoms with E-state index in [0.29, 0.717) is 30.1 Å². The van der Waals surface area contributed by atoms with Gasteiger partial charge < -0.3 is 10.6 Å². The van der Waals surface area contributed by atoms with Crippen molar-refractivity contribution in [2.45, 2.75) is 57.4 Å². The molecular weight excluding hydrogens is 462 g/mol. The van der Waals surface area contributed by atoms with Crippen LogP contribution < -0.4 is 16.0 Å². The molecule has 35 heavy (non-hydrogen) atoms. The number of rotatable bonds is 4. The first-order valence-electron chi connectivity index (χ1n) is 12.6. The average Bonchev–Trinajstić information content (AvgIpc) is 2.85. The molecule has 2 unspecified atom stereocenters. The van der Waals surface area contributed by atoms with Gasteiger partial charge in [-0.25, -0.2) is 4.98 Å². The van der Waals surface area contributed by atoms with Crippen LogP contribution in [0.3, 0.4) is 0 Å². The Bertz CT molecular complexity index is 1020. The van der Waals surface area contributed by atoms with Crippen LogP contribution in [0.25, 0.3) is 0 Å². The lowest BCUT2D eigenvalue weighted by Gasteiger charge is -2.48. The summed E-state index contributed by atoms with van der Waals surface area (Å²) in [7, 11) is 0. The minimum Gasteiger partial charge on any atom is -0.384 e. The number of aromatic nitrogens is 1. The van der Waals surface area contributed by atoms with Crippen molar-refractivity contribution in [3.05, 3.63) is 53.7 Å². The van der Waals surface area contributed by atoms with E-state index in [1.807, 2.05) is 12.3 Å². The van der Waals surface area contributed by atoms with Gasteiger partial charge in [-0.05, 0) is 86.9 Å². The number of amides is 2. The molecule has 1 aromatic carbocycles. The summed E-state index contributed by atoms with van der Waals surface area (Å²) in [6.07, 6.45) is 7.89. The number of pyridine rings is 1. The van der Waals surface area contributed by atoms with Crippen LogP contribution in [0.15, 0.2) is 42.6 Å². The van der Waals surface area contributed by atoms with Crippen molar-refractivity contribution >= 4 is 35.7 Å². The molecule has 0 radical (unpaired) electrons. The maximum absolute atomic E-state index is 12.2. The Morgan fingerprint density at radius 1 is 1.00 bits per heavy atom. The number of carbonyl (C=O) groups excluding carboxylic acids is 2. The molecule has 2 atom stereocenters. The number of hydrogen-bond donors (Lipinski definition) is 2. The zero-order valence-corrected chi connectivity index (χ0v) is 21.2. The molecule has 0 bridgehead atoms. The Kier molecular flexibility index (Phi) is 7.67. The number of anilines is 2. The number of nitrogens with one attached hydrogen (secondary N) is 1. The first-order chi connectivity index (χ1) is 16.4. The van der Waals surface area contributed by atoms with Crippen molar-refractivity contribution in [1.82, 2.24) is 15.2 Å². The Morgan fingerprint density at radius 3 is 2.26 bits per heavy atom. The third-order valence-corrected chi connectivity index (χ3v) is 8.42. The maximum atomic E-state index is 12.2. The SMILES string of the molecule is CC(c1ccc(N)nc1)N1CCC2(CCN(c3ccc(C4CCC(=O)NC4=O)cc3)CC2)CC1.Cl. The van der Waals surface area contributed by atoms with Crippen LogP contribution in [0.1, 0.15) is 68.5 Å². The van der Waals surface area contributed by atoms with E-state index in [2.05, 4.69) is 57.4 Å². The fourth-order valence-corrected chi connectivity index (χ4v) is 5.93. The molecule has 1 spiro atoms. The zero-order chi connectivity index (χ0) is 23.7. The maximum Gasteiger partial charge on any atom is 0.234 e. The van der Waals surface area contributed by atoms with Crippen LogP contribution in [0.2, 0.25) is 0 Å². The Hall–Kier alpha value is -2.64. The number of imide groups is 1. The lowest BCUT2D eigenvalue weighted by molar-refractivity contribution is -0.134. The largest absolute Gasteiger partial charge is 0.384 e. The number of likely N-dealkylation sites (tertiary alicyclic amines) is 1. The third-order valence-electron chi connectivity index (χ3n) is 8.42. The molecule has 1 aromatic heterocycles. The second-order valence-electron chi connectivity index (χ2n) is 10.3. The summed E-state index contributed by atoms with van der Waals surface area (Å²) in [5, 5.41) is 2.46. The fourth-order valence-electron chi connectivity index (χ4n) is 5.93. The van der Waals surface area contributed by atoms with Gasteiger partial charge in [0, 0.05) is 37.4 Å². The monoisotopic (exact) mass is 497 g/mol. The topological polar surface area (TPSA) is 91.6 Å². The quantitative estimate of drug-likeness (QED) is 0.619. The number of hydrogen-bond acceptors (Lipinski definition) is 6. The van der Waals surface area contributed by atoms with Gasteiger partial charge in [-0.2, -0.15) is 0 Å². The van der Waals surface area contributed by atoms with Crippen molar-refractivity contribution in [2.75, 3.05) is 36.8 Å². The van der Waals surface area contributed by atoms with E-state index in [0.717, 1.165) is 31.7 Å². The lowest BCUT2D eigenvalue weighted by Crippen LogP contribution is -2.47. The third kappa shape index (κ3) is 5.46. The molecule has 3 N–H and O–H groups in total. The highest BCUT2D eigenvalue weighted by Gasteiger charge is 2.38. The van der Waals surface area contributed by atoms with E-state index in [-0.39, 0.29) is 30.1 Å². The molecule has 3 saturated heterocycles. The molecule has 2 aromatic rings. The standard InChI is InChI=1S/C27H35N5O2.ClH/c1-19(21-4-8-24(28)29-18-21)31-14-10-27(11-15-31)12-16-32(17-13-27)22-5-2-20(3-6-22)23-7-9-25(33)30-26(23)34;/h2-6,8,18-19,23H,7,9-17H2,1H3,(H2,28,29)(H,30,33,34);1H. The lowest BCUT2D eigenvalue weighted by atomic mass is 9.71. The molecule has 7 nitrogen and oxygen atoms in total. The van der Waals surface area contributed by atoms with E-state index in [1.165, 1.54) is 36.9 Å². The van der Waals surface area contributed by atoms with E-state index in [4.69, 9.17) is 5.73 Å². The van der Waals surface area contributed by atoms with Crippen LogP contribution in [0.4, 0.5) is 11.5 Å². The molecule has 5 rings (SSSR count). The number of halogens is 1. The van der Waals surface area contributed by atoms with Gasteiger partial charge in [0.25, 0.3) is 0 Å². The second-order valence-corrected chi connectivity index (χ2v) is 10.3. The van der Waals surface area contributed by atoms with Gasteiger partial charge in [0.2, 0.25) is 11.8 Å². The van der Waals surface area contributed by atoms with Crippen LogP contribution in [-0.2, 0) is 9.59 Å². The summed E-state index contributed by atoms with van der Waals surface area (Å²) < 4.78 is 0. The van der Waals surface area contributed by atoms with Crippen molar-refractivity contribution in [1.29, 1.82) is 0 Å². The van der Waals surface area contributed by atoms with Gasteiger partial charge in [-0.3, -0.25) is 19.8 Å². The van der Waals surface area contributed by atoms with Crippen molar-refractivity contribution < 1.29 is 9.59 Å². The Balaban J connectivity index is 0.00000289. The second kappa shape index (κ2) is 10.5. The minimum atomic E-state index is -0.215. The van der Waals surface area contributed by atoms with E-state index < -0.39 is 0 Å². The number of nitrogen functional groups attached to an aromatic ring is 1. The van der Waals surface area contributed by atoms with Crippen molar-refractivity contribution in [3.63, 3.8) is 0 Å². The first-order valence-corrected chi connectivity index (χ1v) is 12.6. The highest BCUT2D eigenvalue weighted by molar-refractivity contribution is 6.00. The zero-order valence-electron chi connectivity index (χ0n) is 20.4. The van der Waals surface area contributed by atoms with Crippen molar-refractivity contribution in [2.24, 2.45) is 5.41 Å². The molecular formula is C27H36ClN5O2. The molecule has 188 valence electrons. The van der Waals surface area contributed by atoms with Gasteiger partial charge >= 0.3 is 0 Å². The normalized spacial score (nSPS) is 23.5. The predicted molar refractivity (Wildman–Crippen MR) is 141 cm³/mol. The number of nitrogens with two attached hydrogens (primary N) is 1. The predicted octanol–water partition coefficient (Wildman–Crippen LogP) is 4.05. The van der Waals surface area contributed by atoms with Crippen LogP contribution >= 0.6 is 12.4 Å². The summed E-state index contributed by atoms with van der Waals surface area (Å²) >= 11 is 0. The molecule has 0 aliphatic carbocycles. The Labute approximate surface area is 213 Å². The van der Waals surface area contributed by atoms with E-state index >= 15 is 0 Å². The number of carbonyl (C=O) groups is 2. The summed E-state index contributed by atoms with van der Waals surface area (Å²) in [6, 6.07) is 12.8. The van der Waals surface area contributed by atoms with Gasteiger partial charge in [0.15, 0.2) is 0 Å². The summed E-state index contributed by atoms with van der Waals surface area (Å²) in [5.41, 5.74) is 9.67. The van der Waals surface area contributed by atoms with Crippen LogP contribution in [-0.4, -0.2) is 47.9 Å². The van der Waals surface area contributed by atoms with Crippen LogP contribution in [0.5, 0.6) is 0 Å². The summed E-state index contributed by atoms with van der Waals surface area (Å²) in [4.78, 5) is 32.9. The molecule has 4 heterocycles. The first kappa shape index (κ1) is 25.5. The van der Waals surface area contributed by atoms with E-state index in [9.17, 15) is 9.59 Å². The van der Waals surface area contributed by atoms with E-state index in [1.54, 1.807) is 0 Å². The smallest absolute Gasteiger partial charge is 0.234 e. The van der Waals surface area contributed by atoms with Crippen molar-refractivity contribution in [3.8, 4) is 0 Å². The highest BCUT2D eigenvalue weighted by Crippen LogP contribution is 2.43. The Morgan fingerprint density at radius 2 is 1.66 bits per heavy atom. The molecule has 3 fully saturated rings. The molecule has 3 aliphatic heterocycles. The molecule has 3 aliphatic rings. The molecule has 8 heteroatoms. The highest BCUT2D eigenvalue weighted by atomic mass is 35.5. The van der Waals surface area contributed by atoms with Gasteiger partial charge in [0.05, 0.1) is 5.92 Å².